The maximum absolute atomic E-state index is 13.2. The number of amides is 2. The number of rotatable bonds is 6. The molecule has 34 heavy (non-hydrogen) atoms. The van der Waals surface area contributed by atoms with Gasteiger partial charge in [0.1, 0.15) is 11.9 Å². The van der Waals surface area contributed by atoms with E-state index in [1.807, 2.05) is 42.2 Å². The lowest BCUT2D eigenvalue weighted by Crippen LogP contribution is -2.39. The van der Waals surface area contributed by atoms with Crippen molar-refractivity contribution in [3.05, 3.63) is 95.1 Å². The molecule has 0 fully saturated rings. The van der Waals surface area contributed by atoms with E-state index in [-0.39, 0.29) is 23.7 Å². The quantitative estimate of drug-likeness (QED) is 0.390. The molecule has 1 atom stereocenters. The van der Waals surface area contributed by atoms with Crippen molar-refractivity contribution in [2.45, 2.75) is 25.9 Å². The first-order valence-electron chi connectivity index (χ1n) is 11.3. The highest BCUT2D eigenvalue weighted by atomic mass is 16.2. The standard InChI is InChI=1S/C27H29N5O2/c1-18-26(33)32(15-14-19-6-4-3-5-7-19)17-22-9-8-21(16-24(22)30-18)27(34)31(2)23-12-10-20(11-13-23)25(28)29/h3-13,16,18,30H,14-15,17H2,1-2H3,(H3,28,29)/t18-/m1/s1. The molecular formula is C27H29N5O2. The number of amidine groups is 1. The van der Waals surface area contributed by atoms with Crippen molar-refractivity contribution < 1.29 is 9.59 Å². The van der Waals surface area contributed by atoms with E-state index >= 15 is 0 Å². The number of hydrogen-bond acceptors (Lipinski definition) is 4. The number of fused-ring (bicyclic) bond motifs is 1. The lowest BCUT2D eigenvalue weighted by Gasteiger charge is -2.23. The predicted octanol–water partition coefficient (Wildman–Crippen LogP) is 3.63. The van der Waals surface area contributed by atoms with Gasteiger partial charge < -0.3 is 20.9 Å². The van der Waals surface area contributed by atoms with Crippen molar-refractivity contribution in [1.29, 1.82) is 5.41 Å². The molecule has 0 spiro atoms. The second-order valence-electron chi connectivity index (χ2n) is 8.56. The van der Waals surface area contributed by atoms with Gasteiger partial charge >= 0.3 is 0 Å². The highest BCUT2D eigenvalue weighted by Crippen LogP contribution is 2.26. The van der Waals surface area contributed by atoms with Crippen LogP contribution in [-0.2, 0) is 17.8 Å². The molecular weight excluding hydrogens is 426 g/mol. The Kier molecular flexibility index (Phi) is 6.63. The zero-order chi connectivity index (χ0) is 24.2. The SMILES string of the molecule is C[C@H]1Nc2cc(C(=O)N(C)c3ccc(C(=N)N)cc3)ccc2CN(CCc2ccccc2)C1=O. The Morgan fingerprint density at radius 2 is 1.76 bits per heavy atom. The fourth-order valence-corrected chi connectivity index (χ4v) is 4.11. The Morgan fingerprint density at radius 3 is 2.44 bits per heavy atom. The molecule has 0 radical (unpaired) electrons. The minimum absolute atomic E-state index is 0.0150. The normalized spacial score (nSPS) is 15.2. The highest BCUT2D eigenvalue weighted by Gasteiger charge is 2.27. The summed E-state index contributed by atoms with van der Waals surface area (Å²) in [6, 6.07) is 22.3. The van der Waals surface area contributed by atoms with Gasteiger partial charge in [0.25, 0.3) is 5.91 Å². The molecule has 7 heteroatoms. The fourth-order valence-electron chi connectivity index (χ4n) is 4.11. The van der Waals surface area contributed by atoms with Crippen molar-refractivity contribution in [3.63, 3.8) is 0 Å². The van der Waals surface area contributed by atoms with Crippen LogP contribution in [0.25, 0.3) is 0 Å². The number of nitrogens with zero attached hydrogens (tertiary/aromatic N) is 2. The summed E-state index contributed by atoms with van der Waals surface area (Å²) in [4.78, 5) is 29.6. The van der Waals surface area contributed by atoms with Crippen molar-refractivity contribution in [1.82, 2.24) is 4.90 Å². The molecule has 4 N–H and O–H groups in total. The van der Waals surface area contributed by atoms with E-state index in [1.165, 1.54) is 5.56 Å². The van der Waals surface area contributed by atoms with Gasteiger partial charge in [0.2, 0.25) is 5.91 Å². The molecule has 1 aliphatic rings. The molecule has 4 rings (SSSR count). The topological polar surface area (TPSA) is 103 Å². The van der Waals surface area contributed by atoms with Crippen LogP contribution in [0.4, 0.5) is 11.4 Å². The first kappa shape index (κ1) is 23.0. The van der Waals surface area contributed by atoms with E-state index in [0.29, 0.717) is 29.9 Å². The molecule has 0 bridgehead atoms. The monoisotopic (exact) mass is 455 g/mol. The lowest BCUT2D eigenvalue weighted by molar-refractivity contribution is -0.132. The number of nitrogens with one attached hydrogen (secondary N) is 2. The number of anilines is 2. The van der Waals surface area contributed by atoms with Crippen LogP contribution in [0.2, 0.25) is 0 Å². The van der Waals surface area contributed by atoms with Crippen LogP contribution in [-0.4, -0.2) is 42.2 Å². The summed E-state index contributed by atoms with van der Waals surface area (Å²) < 4.78 is 0. The summed E-state index contributed by atoms with van der Waals surface area (Å²) >= 11 is 0. The average Bonchev–Trinajstić information content (AvgIpc) is 2.97. The van der Waals surface area contributed by atoms with E-state index in [1.54, 1.807) is 42.3 Å². The largest absolute Gasteiger partial charge is 0.384 e. The second kappa shape index (κ2) is 9.79. The zero-order valence-electron chi connectivity index (χ0n) is 19.4. The van der Waals surface area contributed by atoms with E-state index < -0.39 is 0 Å². The highest BCUT2D eigenvalue weighted by molar-refractivity contribution is 6.06. The van der Waals surface area contributed by atoms with Gasteiger partial charge in [-0.3, -0.25) is 15.0 Å². The third-order valence-corrected chi connectivity index (χ3v) is 6.16. The van der Waals surface area contributed by atoms with Crippen LogP contribution >= 0.6 is 0 Å². The summed E-state index contributed by atoms with van der Waals surface area (Å²) in [7, 11) is 1.71. The molecule has 0 saturated heterocycles. The zero-order valence-corrected chi connectivity index (χ0v) is 19.4. The maximum Gasteiger partial charge on any atom is 0.258 e. The van der Waals surface area contributed by atoms with Gasteiger partial charge in [0.15, 0.2) is 0 Å². The molecule has 174 valence electrons. The summed E-state index contributed by atoms with van der Waals surface area (Å²) in [5, 5.41) is 10.8. The maximum atomic E-state index is 13.2. The molecule has 0 aliphatic carbocycles. The van der Waals surface area contributed by atoms with Crippen LogP contribution in [0.15, 0.2) is 72.8 Å². The Labute approximate surface area is 199 Å². The molecule has 0 saturated carbocycles. The van der Waals surface area contributed by atoms with Crippen molar-refractivity contribution >= 4 is 29.0 Å². The van der Waals surface area contributed by atoms with Gasteiger partial charge in [-0.05, 0) is 60.9 Å². The van der Waals surface area contributed by atoms with Gasteiger partial charge in [-0.2, -0.15) is 0 Å². The predicted molar refractivity (Wildman–Crippen MR) is 135 cm³/mol. The third kappa shape index (κ3) is 4.93. The molecule has 1 heterocycles. The van der Waals surface area contributed by atoms with Gasteiger partial charge in [-0.1, -0.05) is 36.4 Å². The number of nitrogens with two attached hydrogens (primary N) is 1. The van der Waals surface area contributed by atoms with E-state index in [4.69, 9.17) is 11.1 Å². The number of carbonyl (C=O) groups is 2. The van der Waals surface area contributed by atoms with E-state index in [9.17, 15) is 9.59 Å². The van der Waals surface area contributed by atoms with Crippen molar-refractivity contribution in [2.75, 3.05) is 23.8 Å². The minimum atomic E-state index is -0.390. The second-order valence-corrected chi connectivity index (χ2v) is 8.56. The lowest BCUT2D eigenvalue weighted by atomic mass is 10.1. The van der Waals surface area contributed by atoms with E-state index in [2.05, 4.69) is 17.4 Å². The molecule has 3 aromatic rings. The van der Waals surface area contributed by atoms with Gasteiger partial charge in [0, 0.05) is 42.6 Å². The molecule has 0 aromatic heterocycles. The average molecular weight is 456 g/mol. The van der Waals surface area contributed by atoms with Gasteiger partial charge in [0.05, 0.1) is 0 Å². The molecule has 1 aliphatic heterocycles. The van der Waals surface area contributed by atoms with Crippen LogP contribution < -0.4 is 16.0 Å². The Bertz CT molecular complexity index is 1210. The molecule has 7 nitrogen and oxygen atoms in total. The summed E-state index contributed by atoms with van der Waals surface area (Å²) in [5.74, 6) is -0.133. The summed E-state index contributed by atoms with van der Waals surface area (Å²) in [6.45, 7) is 2.98. The van der Waals surface area contributed by atoms with Crippen LogP contribution in [0.3, 0.4) is 0 Å². The smallest absolute Gasteiger partial charge is 0.258 e. The molecule has 2 amide bonds. The van der Waals surface area contributed by atoms with Crippen LogP contribution in [0.5, 0.6) is 0 Å². The third-order valence-electron chi connectivity index (χ3n) is 6.16. The molecule has 0 unspecified atom stereocenters. The van der Waals surface area contributed by atoms with Gasteiger partial charge in [-0.25, -0.2) is 0 Å². The summed E-state index contributed by atoms with van der Waals surface area (Å²) in [6.07, 6.45) is 0.790. The number of benzene rings is 3. The number of hydrogen-bond donors (Lipinski definition) is 3. The van der Waals surface area contributed by atoms with Crippen LogP contribution in [0.1, 0.15) is 34.0 Å². The van der Waals surface area contributed by atoms with Gasteiger partial charge in [-0.15, -0.1) is 0 Å². The fraction of sp³-hybridized carbons (Fsp3) is 0.222. The Balaban J connectivity index is 1.51. The first-order chi connectivity index (χ1) is 16.3. The Morgan fingerprint density at radius 1 is 1.09 bits per heavy atom. The number of carbonyl (C=O) groups excluding carboxylic acids is 2. The number of nitrogen functional groups attached to an aromatic ring is 1. The Hall–Kier alpha value is -4.13. The molecule has 3 aromatic carbocycles. The van der Waals surface area contributed by atoms with E-state index in [0.717, 1.165) is 17.7 Å². The summed E-state index contributed by atoms with van der Waals surface area (Å²) in [5.41, 5.74) is 10.3. The van der Waals surface area contributed by atoms with Crippen molar-refractivity contribution in [2.24, 2.45) is 5.73 Å². The van der Waals surface area contributed by atoms with Crippen LogP contribution in [0, 0.1) is 5.41 Å². The minimum Gasteiger partial charge on any atom is -0.384 e. The van der Waals surface area contributed by atoms with Crippen molar-refractivity contribution in [3.8, 4) is 0 Å². The first-order valence-corrected chi connectivity index (χ1v) is 11.3.